The van der Waals surface area contributed by atoms with E-state index in [1.807, 2.05) is 24.3 Å². The largest absolute Gasteiger partial charge is 0.482 e. The van der Waals surface area contributed by atoms with Gasteiger partial charge in [0.25, 0.3) is 0 Å². The van der Waals surface area contributed by atoms with E-state index in [-0.39, 0.29) is 18.9 Å². The van der Waals surface area contributed by atoms with E-state index in [4.69, 9.17) is 38.5 Å². The molecule has 2 rings (SSSR count). The van der Waals surface area contributed by atoms with Crippen molar-refractivity contribution in [3.8, 4) is 5.75 Å². The van der Waals surface area contributed by atoms with Gasteiger partial charge in [-0.15, -0.1) is 0 Å². The first kappa shape index (κ1) is 20.1. The van der Waals surface area contributed by atoms with Gasteiger partial charge in [0.1, 0.15) is 11.6 Å². The minimum atomic E-state index is -0.650. The van der Waals surface area contributed by atoms with Crippen LogP contribution in [0, 0.1) is 0 Å². The second-order valence-electron chi connectivity index (χ2n) is 5.97. The second kappa shape index (κ2) is 9.46. The first-order chi connectivity index (χ1) is 12.3. The molecular formula is C19H20Cl2N2O3. The Morgan fingerprint density at radius 3 is 2.46 bits per heavy atom. The zero-order chi connectivity index (χ0) is 19.1. The summed E-state index contributed by atoms with van der Waals surface area (Å²) in [6.07, 6.45) is 0.237. The highest BCUT2D eigenvalue weighted by Crippen LogP contribution is 2.21. The molecule has 7 heteroatoms. The number of hydrogen-bond acceptors (Lipinski definition) is 4. The summed E-state index contributed by atoms with van der Waals surface area (Å²) in [6.45, 7) is 3.94. The number of ether oxygens (including phenoxy) is 1. The normalized spacial score (nSPS) is 11.5. The van der Waals surface area contributed by atoms with Crippen LogP contribution in [0.15, 0.2) is 47.6 Å². The molecule has 0 aliphatic carbocycles. The smallest absolute Gasteiger partial charge is 0.372 e. The molecule has 0 aliphatic rings. The summed E-state index contributed by atoms with van der Waals surface area (Å²) in [4.78, 5) is 16.5. The fourth-order valence-electron chi connectivity index (χ4n) is 2.12. The Morgan fingerprint density at radius 2 is 1.85 bits per heavy atom. The summed E-state index contributed by atoms with van der Waals surface area (Å²) < 4.78 is 5.36. The van der Waals surface area contributed by atoms with E-state index >= 15 is 0 Å². The molecule has 2 N–H and O–H groups in total. The van der Waals surface area contributed by atoms with Crippen LogP contribution in [0.5, 0.6) is 5.75 Å². The lowest BCUT2D eigenvalue weighted by Gasteiger charge is -2.08. The number of carbonyl (C=O) groups excluding carboxylic acids is 1. The van der Waals surface area contributed by atoms with Gasteiger partial charge < -0.3 is 15.3 Å². The number of amidine groups is 1. The van der Waals surface area contributed by atoms with Crippen LogP contribution < -0.4 is 10.5 Å². The van der Waals surface area contributed by atoms with E-state index in [0.717, 1.165) is 5.56 Å². The average molecular weight is 395 g/mol. The lowest BCUT2D eigenvalue weighted by Crippen LogP contribution is -2.19. The van der Waals surface area contributed by atoms with E-state index in [2.05, 4.69) is 19.0 Å². The molecule has 0 bridgehead atoms. The van der Waals surface area contributed by atoms with Crippen LogP contribution in [-0.4, -0.2) is 18.4 Å². The quantitative estimate of drug-likeness (QED) is 0.323. The van der Waals surface area contributed by atoms with Crippen molar-refractivity contribution >= 4 is 35.0 Å². The third kappa shape index (κ3) is 6.24. The molecule has 0 amide bonds. The summed E-state index contributed by atoms with van der Waals surface area (Å²) in [7, 11) is 0. The number of carbonyl (C=O) groups is 1. The van der Waals surface area contributed by atoms with Crippen LogP contribution in [0.1, 0.15) is 30.9 Å². The lowest BCUT2D eigenvalue weighted by atomic mass is 10.0. The van der Waals surface area contributed by atoms with Crippen LogP contribution in [0.3, 0.4) is 0 Å². The van der Waals surface area contributed by atoms with Crippen LogP contribution in [0.2, 0.25) is 10.0 Å². The molecule has 2 aromatic rings. The van der Waals surface area contributed by atoms with Crippen LogP contribution in [-0.2, 0) is 16.1 Å². The number of benzene rings is 2. The summed E-state index contributed by atoms with van der Waals surface area (Å²) in [6, 6.07) is 12.6. The van der Waals surface area contributed by atoms with E-state index in [1.54, 1.807) is 18.2 Å². The minimum absolute atomic E-state index is 0.115. The molecule has 0 aromatic heterocycles. The van der Waals surface area contributed by atoms with Gasteiger partial charge in [0, 0.05) is 16.5 Å². The molecule has 0 heterocycles. The van der Waals surface area contributed by atoms with Crippen molar-refractivity contribution in [2.75, 3.05) is 6.61 Å². The first-order valence-electron chi connectivity index (χ1n) is 8.04. The van der Waals surface area contributed by atoms with Gasteiger partial charge in [-0.3, -0.25) is 0 Å². The SMILES string of the molecule is CC(C)c1ccc(OCC(=O)O/N=C(\N)Cc2ccc(Cl)cc2Cl)cc1. The molecule has 0 fully saturated rings. The van der Waals surface area contributed by atoms with Gasteiger partial charge in [-0.25, -0.2) is 4.79 Å². The molecule has 138 valence electrons. The monoisotopic (exact) mass is 394 g/mol. The predicted molar refractivity (Wildman–Crippen MR) is 104 cm³/mol. The highest BCUT2D eigenvalue weighted by atomic mass is 35.5. The Labute approximate surface area is 162 Å². The second-order valence-corrected chi connectivity index (χ2v) is 6.81. The molecule has 0 aliphatic heterocycles. The van der Waals surface area contributed by atoms with Crippen molar-refractivity contribution in [2.24, 2.45) is 10.9 Å². The molecule has 5 nitrogen and oxygen atoms in total. The molecule has 0 unspecified atom stereocenters. The van der Waals surface area contributed by atoms with Gasteiger partial charge in [-0.05, 0) is 41.3 Å². The Kier molecular flexibility index (Phi) is 7.30. The van der Waals surface area contributed by atoms with Crippen LogP contribution >= 0.6 is 23.2 Å². The summed E-state index contributed by atoms with van der Waals surface area (Å²) in [5.41, 5.74) is 7.68. The van der Waals surface area contributed by atoms with Crippen molar-refractivity contribution in [1.82, 2.24) is 0 Å². The Balaban J connectivity index is 1.82. The number of hydrogen-bond donors (Lipinski definition) is 1. The zero-order valence-electron chi connectivity index (χ0n) is 14.5. The van der Waals surface area contributed by atoms with E-state index in [0.29, 0.717) is 21.7 Å². The average Bonchev–Trinajstić information content (AvgIpc) is 2.61. The first-order valence-corrected chi connectivity index (χ1v) is 8.79. The molecule has 0 saturated heterocycles. The highest BCUT2D eigenvalue weighted by Gasteiger charge is 2.08. The number of nitrogens with two attached hydrogens (primary N) is 1. The summed E-state index contributed by atoms with van der Waals surface area (Å²) in [5, 5.41) is 4.60. The molecular weight excluding hydrogens is 375 g/mol. The van der Waals surface area contributed by atoms with Gasteiger partial charge in [0.2, 0.25) is 0 Å². The third-order valence-electron chi connectivity index (χ3n) is 3.55. The molecule has 0 saturated carbocycles. The van der Waals surface area contributed by atoms with Crippen molar-refractivity contribution in [3.05, 3.63) is 63.6 Å². The van der Waals surface area contributed by atoms with Gasteiger partial charge in [-0.2, -0.15) is 0 Å². The Morgan fingerprint density at radius 1 is 1.15 bits per heavy atom. The molecule has 0 radical (unpaired) electrons. The summed E-state index contributed by atoms with van der Waals surface area (Å²) >= 11 is 11.9. The Bertz CT molecular complexity index is 790. The van der Waals surface area contributed by atoms with E-state index in [9.17, 15) is 4.79 Å². The van der Waals surface area contributed by atoms with Gasteiger partial charge in [-0.1, -0.05) is 60.4 Å². The van der Waals surface area contributed by atoms with Crippen molar-refractivity contribution in [1.29, 1.82) is 0 Å². The molecule has 0 atom stereocenters. The fraction of sp³-hybridized carbons (Fsp3) is 0.263. The van der Waals surface area contributed by atoms with Crippen LogP contribution in [0.25, 0.3) is 0 Å². The van der Waals surface area contributed by atoms with Crippen LogP contribution in [0.4, 0.5) is 0 Å². The number of oxime groups is 1. The third-order valence-corrected chi connectivity index (χ3v) is 4.14. The lowest BCUT2D eigenvalue weighted by molar-refractivity contribution is -0.146. The molecule has 26 heavy (non-hydrogen) atoms. The summed E-state index contributed by atoms with van der Waals surface area (Å²) in [5.74, 6) is 0.476. The predicted octanol–water partition coefficient (Wildman–Crippen LogP) is 4.55. The van der Waals surface area contributed by atoms with Gasteiger partial charge >= 0.3 is 5.97 Å². The van der Waals surface area contributed by atoms with Gasteiger partial charge in [0.15, 0.2) is 6.61 Å². The molecule has 2 aromatic carbocycles. The number of halogens is 2. The standard InChI is InChI=1S/C19H20Cl2N2O3/c1-12(2)13-4-7-16(8-5-13)25-11-19(24)26-23-18(22)9-14-3-6-15(20)10-17(14)21/h3-8,10,12H,9,11H2,1-2H3,(H2,22,23). The van der Waals surface area contributed by atoms with E-state index < -0.39 is 5.97 Å². The number of rotatable bonds is 7. The van der Waals surface area contributed by atoms with Crippen molar-refractivity contribution in [3.63, 3.8) is 0 Å². The maximum absolute atomic E-state index is 11.7. The van der Waals surface area contributed by atoms with Crippen molar-refractivity contribution in [2.45, 2.75) is 26.2 Å². The van der Waals surface area contributed by atoms with Crippen molar-refractivity contribution < 1.29 is 14.4 Å². The molecule has 0 spiro atoms. The fourth-order valence-corrected chi connectivity index (χ4v) is 2.59. The number of nitrogens with zero attached hydrogens (tertiary/aromatic N) is 1. The zero-order valence-corrected chi connectivity index (χ0v) is 16.1. The Hall–Kier alpha value is -2.24. The van der Waals surface area contributed by atoms with Gasteiger partial charge in [0.05, 0.1) is 0 Å². The highest BCUT2D eigenvalue weighted by molar-refractivity contribution is 6.35. The maximum Gasteiger partial charge on any atom is 0.372 e. The minimum Gasteiger partial charge on any atom is -0.482 e. The maximum atomic E-state index is 11.7. The topological polar surface area (TPSA) is 73.9 Å². The van der Waals surface area contributed by atoms with E-state index in [1.165, 1.54) is 5.56 Å².